The minimum atomic E-state index is -4.34. The van der Waals surface area contributed by atoms with Gasteiger partial charge in [-0.05, 0) is 31.0 Å². The van der Waals surface area contributed by atoms with Crippen molar-refractivity contribution in [3.63, 3.8) is 0 Å². The van der Waals surface area contributed by atoms with Crippen molar-refractivity contribution in [3.8, 4) is 0 Å². The number of hydrogen-bond donors (Lipinski definition) is 2. The Bertz CT molecular complexity index is 868. The van der Waals surface area contributed by atoms with Gasteiger partial charge in [-0.15, -0.1) is 24.0 Å². The van der Waals surface area contributed by atoms with E-state index in [2.05, 4.69) is 25.5 Å². The number of benzene rings is 1. The topological polar surface area (TPSA) is 57.5 Å². The van der Waals surface area contributed by atoms with E-state index in [-0.39, 0.29) is 42.4 Å². The van der Waals surface area contributed by atoms with Crippen LogP contribution in [0.1, 0.15) is 36.8 Å². The van der Waals surface area contributed by atoms with Crippen LogP contribution in [0.5, 0.6) is 0 Å². The molecule has 0 saturated carbocycles. The van der Waals surface area contributed by atoms with Gasteiger partial charge in [0.15, 0.2) is 5.96 Å². The van der Waals surface area contributed by atoms with E-state index in [0.29, 0.717) is 25.6 Å². The Balaban J connectivity index is 0.00000363. The summed E-state index contributed by atoms with van der Waals surface area (Å²) in [7, 11) is 0. The standard InChI is InChI=1S/C20H25F5N6.HI/c1-2-26-19(28-11-17-27-8-10-31(17)18(21)22)29-16-7-9-30(13-16)12-14-3-5-15(6-4-14)20(23,24)25;/h3-6,8,10,16,18H,2,7,9,11-13H2,1H3,(H2,26,28,29);1H. The predicted molar refractivity (Wildman–Crippen MR) is 122 cm³/mol. The molecule has 2 heterocycles. The second kappa shape index (κ2) is 11.8. The molecule has 1 aromatic heterocycles. The van der Waals surface area contributed by atoms with Gasteiger partial charge in [0.1, 0.15) is 12.4 Å². The Labute approximate surface area is 200 Å². The second-order valence-electron chi connectivity index (χ2n) is 7.28. The first-order valence-electron chi connectivity index (χ1n) is 9.99. The molecule has 1 saturated heterocycles. The Morgan fingerprint density at radius 3 is 2.59 bits per heavy atom. The lowest BCUT2D eigenvalue weighted by Crippen LogP contribution is -2.44. The number of imidazole rings is 1. The molecule has 0 spiro atoms. The SMILES string of the molecule is CCNC(=NCc1nccn1C(F)F)NC1CCN(Cc2ccc(C(F)(F)F)cc2)C1.I. The van der Waals surface area contributed by atoms with Gasteiger partial charge in [0.25, 0.3) is 0 Å². The molecular weight excluding hydrogens is 546 g/mol. The maximum atomic E-state index is 12.9. The molecule has 6 nitrogen and oxygen atoms in total. The van der Waals surface area contributed by atoms with E-state index in [1.807, 2.05) is 6.92 Å². The zero-order chi connectivity index (χ0) is 22.4. The third-order valence-electron chi connectivity index (χ3n) is 4.98. The summed E-state index contributed by atoms with van der Waals surface area (Å²) in [4.78, 5) is 10.4. The van der Waals surface area contributed by atoms with Gasteiger partial charge in [0.05, 0.1) is 5.56 Å². The molecule has 1 aliphatic rings. The third kappa shape index (κ3) is 7.29. The second-order valence-corrected chi connectivity index (χ2v) is 7.28. The van der Waals surface area contributed by atoms with Crippen molar-refractivity contribution in [2.24, 2.45) is 4.99 Å². The van der Waals surface area contributed by atoms with Crippen molar-refractivity contribution < 1.29 is 22.0 Å². The van der Waals surface area contributed by atoms with E-state index < -0.39 is 18.3 Å². The van der Waals surface area contributed by atoms with Crippen molar-refractivity contribution in [3.05, 3.63) is 53.6 Å². The van der Waals surface area contributed by atoms with Crippen LogP contribution in [-0.4, -0.2) is 46.1 Å². The van der Waals surface area contributed by atoms with Crippen molar-refractivity contribution in [2.45, 2.75) is 45.2 Å². The highest BCUT2D eigenvalue weighted by Crippen LogP contribution is 2.29. The minimum Gasteiger partial charge on any atom is -0.357 e. The Morgan fingerprint density at radius 1 is 1.25 bits per heavy atom. The fourth-order valence-corrected chi connectivity index (χ4v) is 3.46. The van der Waals surface area contributed by atoms with E-state index >= 15 is 0 Å². The summed E-state index contributed by atoms with van der Waals surface area (Å²) in [5.41, 5.74) is 0.157. The molecule has 3 rings (SSSR count). The average Bonchev–Trinajstić information content (AvgIpc) is 3.35. The average molecular weight is 572 g/mol. The fourth-order valence-electron chi connectivity index (χ4n) is 3.46. The first-order chi connectivity index (χ1) is 14.8. The van der Waals surface area contributed by atoms with E-state index in [9.17, 15) is 22.0 Å². The van der Waals surface area contributed by atoms with Gasteiger partial charge in [0.2, 0.25) is 0 Å². The number of nitrogens with zero attached hydrogens (tertiary/aromatic N) is 4. The molecule has 0 amide bonds. The van der Waals surface area contributed by atoms with Crippen LogP contribution in [0.3, 0.4) is 0 Å². The van der Waals surface area contributed by atoms with Gasteiger partial charge in [-0.3, -0.25) is 9.47 Å². The maximum Gasteiger partial charge on any atom is 0.416 e. The number of guanidine groups is 1. The lowest BCUT2D eigenvalue weighted by molar-refractivity contribution is -0.137. The van der Waals surface area contributed by atoms with Gasteiger partial charge in [-0.25, -0.2) is 9.98 Å². The van der Waals surface area contributed by atoms with Gasteiger partial charge in [0, 0.05) is 44.6 Å². The van der Waals surface area contributed by atoms with Crippen molar-refractivity contribution in [1.82, 2.24) is 25.1 Å². The Hall–Kier alpha value is -1.96. The lowest BCUT2D eigenvalue weighted by Gasteiger charge is -2.19. The molecule has 0 bridgehead atoms. The van der Waals surface area contributed by atoms with Gasteiger partial charge in [-0.1, -0.05) is 12.1 Å². The van der Waals surface area contributed by atoms with Crippen LogP contribution in [0.15, 0.2) is 41.7 Å². The van der Waals surface area contributed by atoms with Crippen LogP contribution in [0, 0.1) is 0 Å². The highest BCUT2D eigenvalue weighted by atomic mass is 127. The first kappa shape index (κ1) is 26.3. The monoisotopic (exact) mass is 572 g/mol. The van der Waals surface area contributed by atoms with E-state index in [0.717, 1.165) is 35.2 Å². The molecule has 1 fully saturated rings. The van der Waals surface area contributed by atoms with Crippen LogP contribution in [0.25, 0.3) is 0 Å². The van der Waals surface area contributed by atoms with E-state index in [1.165, 1.54) is 24.5 Å². The summed E-state index contributed by atoms with van der Waals surface area (Å²) < 4.78 is 64.8. The molecule has 2 aromatic rings. The highest BCUT2D eigenvalue weighted by Gasteiger charge is 2.30. The first-order valence-corrected chi connectivity index (χ1v) is 9.99. The summed E-state index contributed by atoms with van der Waals surface area (Å²) in [6.07, 6.45) is -0.980. The van der Waals surface area contributed by atoms with Gasteiger partial charge in [-0.2, -0.15) is 22.0 Å². The molecule has 0 aliphatic carbocycles. The van der Waals surface area contributed by atoms with E-state index in [1.54, 1.807) is 0 Å². The largest absolute Gasteiger partial charge is 0.416 e. The normalized spacial score (nSPS) is 17.5. The fraction of sp³-hybridized carbons (Fsp3) is 0.500. The molecule has 1 aliphatic heterocycles. The molecule has 32 heavy (non-hydrogen) atoms. The van der Waals surface area contributed by atoms with Crippen molar-refractivity contribution >= 4 is 29.9 Å². The summed E-state index contributed by atoms with van der Waals surface area (Å²) in [6.45, 7) is 1.88. The number of nitrogens with one attached hydrogen (secondary N) is 2. The summed E-state index contributed by atoms with van der Waals surface area (Å²) in [5, 5.41) is 6.39. The van der Waals surface area contributed by atoms with Crippen molar-refractivity contribution in [1.29, 1.82) is 0 Å². The molecule has 1 atom stereocenters. The van der Waals surface area contributed by atoms with Crippen LogP contribution in [0.4, 0.5) is 22.0 Å². The number of likely N-dealkylation sites (tertiary alicyclic amines) is 1. The molecule has 12 heteroatoms. The number of alkyl halides is 5. The van der Waals surface area contributed by atoms with Crippen LogP contribution in [-0.2, 0) is 19.3 Å². The lowest BCUT2D eigenvalue weighted by atomic mass is 10.1. The summed E-state index contributed by atoms with van der Waals surface area (Å²) in [5.74, 6) is 0.676. The zero-order valence-corrected chi connectivity index (χ0v) is 19.8. The molecule has 0 radical (unpaired) electrons. The van der Waals surface area contributed by atoms with Crippen LogP contribution < -0.4 is 10.6 Å². The maximum absolute atomic E-state index is 12.9. The Morgan fingerprint density at radius 2 is 1.97 bits per heavy atom. The molecule has 1 aromatic carbocycles. The number of rotatable bonds is 7. The van der Waals surface area contributed by atoms with Gasteiger partial charge >= 0.3 is 12.7 Å². The zero-order valence-electron chi connectivity index (χ0n) is 17.4. The smallest absolute Gasteiger partial charge is 0.357 e. The number of aliphatic imine (C=N–C) groups is 1. The summed E-state index contributed by atoms with van der Waals surface area (Å²) >= 11 is 0. The Kier molecular flexibility index (Phi) is 9.67. The van der Waals surface area contributed by atoms with Crippen LogP contribution >= 0.6 is 24.0 Å². The predicted octanol–water partition coefficient (Wildman–Crippen LogP) is 4.24. The number of aromatic nitrogens is 2. The number of halogens is 6. The van der Waals surface area contributed by atoms with E-state index in [4.69, 9.17) is 0 Å². The third-order valence-corrected chi connectivity index (χ3v) is 4.98. The molecule has 178 valence electrons. The molecular formula is C20H26F5IN6. The minimum absolute atomic E-state index is 0. The molecule has 2 N–H and O–H groups in total. The molecule has 1 unspecified atom stereocenters. The summed E-state index contributed by atoms with van der Waals surface area (Å²) in [6, 6.07) is 5.28. The van der Waals surface area contributed by atoms with Crippen molar-refractivity contribution in [2.75, 3.05) is 19.6 Å². The highest BCUT2D eigenvalue weighted by molar-refractivity contribution is 14.0. The quantitative estimate of drug-likeness (QED) is 0.226. The number of hydrogen-bond acceptors (Lipinski definition) is 3. The van der Waals surface area contributed by atoms with Crippen LogP contribution in [0.2, 0.25) is 0 Å². The van der Waals surface area contributed by atoms with Gasteiger partial charge < -0.3 is 10.6 Å².